The van der Waals surface area contributed by atoms with Crippen LogP contribution >= 0.6 is 0 Å². The summed E-state index contributed by atoms with van der Waals surface area (Å²) in [5.74, 6) is -0.0691. The van der Waals surface area contributed by atoms with Crippen molar-refractivity contribution in [2.45, 2.75) is 32.7 Å². The summed E-state index contributed by atoms with van der Waals surface area (Å²) >= 11 is 0. The average molecular weight is 287 g/mol. The summed E-state index contributed by atoms with van der Waals surface area (Å²) in [6.07, 6.45) is 5.69. The van der Waals surface area contributed by atoms with Gasteiger partial charge in [0.2, 0.25) is 0 Å². The van der Waals surface area contributed by atoms with Gasteiger partial charge in [-0.25, -0.2) is 9.50 Å². The van der Waals surface area contributed by atoms with Gasteiger partial charge < -0.3 is 5.32 Å². The molecule has 2 aromatic heterocycles. The Morgan fingerprint density at radius 3 is 3.19 bits per heavy atom. The maximum atomic E-state index is 12.4. The first-order valence-electron chi connectivity index (χ1n) is 7.52. The van der Waals surface area contributed by atoms with Gasteiger partial charge in [-0.15, -0.1) is 0 Å². The van der Waals surface area contributed by atoms with Crippen LogP contribution in [0, 0.1) is 6.92 Å². The van der Waals surface area contributed by atoms with Crippen molar-refractivity contribution in [3.8, 4) is 0 Å². The number of hydrogen-bond acceptors (Lipinski definition) is 4. The second-order valence-electron chi connectivity index (χ2n) is 5.49. The van der Waals surface area contributed by atoms with Crippen molar-refractivity contribution >= 4 is 11.6 Å². The van der Waals surface area contributed by atoms with E-state index in [4.69, 9.17) is 0 Å². The largest absolute Gasteiger partial charge is 0.350 e. The molecule has 2 aromatic rings. The maximum absolute atomic E-state index is 12.4. The van der Waals surface area contributed by atoms with E-state index < -0.39 is 0 Å². The molecule has 21 heavy (non-hydrogen) atoms. The minimum atomic E-state index is -0.0691. The Kier molecular flexibility index (Phi) is 3.88. The van der Waals surface area contributed by atoms with Crippen LogP contribution in [0.25, 0.3) is 5.65 Å². The van der Waals surface area contributed by atoms with Crippen molar-refractivity contribution in [1.29, 1.82) is 0 Å². The third kappa shape index (κ3) is 2.63. The molecule has 6 nitrogen and oxygen atoms in total. The van der Waals surface area contributed by atoms with Crippen molar-refractivity contribution in [2.75, 3.05) is 19.6 Å². The van der Waals surface area contributed by atoms with Crippen LogP contribution in [-0.2, 0) is 0 Å². The standard InChI is InChI=1S/C15H21N5O/c1-3-19-8-4-5-12(19)9-17-15(21)13-10-16-14-6-7-18-20(14)11(13)2/h6-7,10,12H,3-5,8-9H2,1-2H3,(H,17,21). The lowest BCUT2D eigenvalue weighted by Crippen LogP contribution is -2.40. The predicted molar refractivity (Wildman–Crippen MR) is 80.3 cm³/mol. The molecule has 112 valence electrons. The quantitative estimate of drug-likeness (QED) is 0.919. The number of likely N-dealkylation sites (N-methyl/N-ethyl adjacent to an activating group) is 1. The number of rotatable bonds is 4. The zero-order valence-corrected chi connectivity index (χ0v) is 12.5. The molecular formula is C15H21N5O. The fourth-order valence-electron chi connectivity index (χ4n) is 3.06. The molecule has 1 saturated heterocycles. The molecule has 0 aromatic carbocycles. The molecule has 1 N–H and O–H groups in total. The molecule has 1 aliphatic rings. The van der Waals surface area contributed by atoms with Crippen molar-refractivity contribution in [3.05, 3.63) is 29.7 Å². The summed E-state index contributed by atoms with van der Waals surface area (Å²) in [5.41, 5.74) is 2.17. The number of amides is 1. The SMILES string of the molecule is CCN1CCCC1CNC(=O)c1cnc2ccnn2c1C. The van der Waals surface area contributed by atoms with E-state index in [9.17, 15) is 4.79 Å². The lowest BCUT2D eigenvalue weighted by molar-refractivity contribution is 0.0939. The van der Waals surface area contributed by atoms with E-state index >= 15 is 0 Å². The number of fused-ring (bicyclic) bond motifs is 1. The van der Waals surface area contributed by atoms with Gasteiger partial charge in [-0.05, 0) is 32.9 Å². The van der Waals surface area contributed by atoms with E-state index in [2.05, 4.69) is 27.2 Å². The monoisotopic (exact) mass is 287 g/mol. The fraction of sp³-hybridized carbons (Fsp3) is 0.533. The van der Waals surface area contributed by atoms with Crippen LogP contribution in [0.15, 0.2) is 18.5 Å². The van der Waals surface area contributed by atoms with E-state index in [1.165, 1.54) is 6.42 Å². The van der Waals surface area contributed by atoms with E-state index in [1.807, 2.05) is 13.0 Å². The maximum Gasteiger partial charge on any atom is 0.254 e. The normalized spacial score (nSPS) is 19.2. The molecule has 3 heterocycles. The molecule has 3 rings (SSSR count). The third-order valence-electron chi connectivity index (χ3n) is 4.30. The molecular weight excluding hydrogens is 266 g/mol. The van der Waals surface area contributed by atoms with Crippen LogP contribution < -0.4 is 5.32 Å². The van der Waals surface area contributed by atoms with Crippen LogP contribution in [0.3, 0.4) is 0 Å². The number of aromatic nitrogens is 3. The fourth-order valence-corrected chi connectivity index (χ4v) is 3.06. The van der Waals surface area contributed by atoms with Gasteiger partial charge in [-0.2, -0.15) is 5.10 Å². The first-order valence-corrected chi connectivity index (χ1v) is 7.52. The molecule has 1 unspecified atom stereocenters. The summed E-state index contributed by atoms with van der Waals surface area (Å²) in [6.45, 7) is 6.94. The van der Waals surface area contributed by atoms with Gasteiger partial charge in [-0.1, -0.05) is 6.92 Å². The number of carbonyl (C=O) groups excluding carboxylic acids is 1. The Labute approximate surface area is 124 Å². The highest BCUT2D eigenvalue weighted by Gasteiger charge is 2.23. The minimum absolute atomic E-state index is 0.0691. The molecule has 0 spiro atoms. The Morgan fingerprint density at radius 2 is 2.38 bits per heavy atom. The Balaban J connectivity index is 1.70. The topological polar surface area (TPSA) is 62.5 Å². The lowest BCUT2D eigenvalue weighted by Gasteiger charge is -2.23. The van der Waals surface area contributed by atoms with Gasteiger partial charge in [0.25, 0.3) is 5.91 Å². The van der Waals surface area contributed by atoms with E-state index in [0.29, 0.717) is 18.2 Å². The highest BCUT2D eigenvalue weighted by molar-refractivity contribution is 5.95. The molecule has 0 bridgehead atoms. The number of likely N-dealkylation sites (tertiary alicyclic amines) is 1. The lowest BCUT2D eigenvalue weighted by atomic mass is 10.2. The Hall–Kier alpha value is -1.95. The second-order valence-corrected chi connectivity index (χ2v) is 5.49. The second kappa shape index (κ2) is 5.81. The molecule has 0 aliphatic carbocycles. The number of nitrogens with zero attached hydrogens (tertiary/aromatic N) is 4. The van der Waals surface area contributed by atoms with Crippen LogP contribution in [-0.4, -0.2) is 51.1 Å². The molecule has 1 atom stereocenters. The van der Waals surface area contributed by atoms with Crippen molar-refractivity contribution in [1.82, 2.24) is 24.8 Å². The van der Waals surface area contributed by atoms with Crippen molar-refractivity contribution in [3.63, 3.8) is 0 Å². The smallest absolute Gasteiger partial charge is 0.254 e. The zero-order valence-electron chi connectivity index (χ0n) is 12.5. The molecule has 1 aliphatic heterocycles. The number of aryl methyl sites for hydroxylation is 1. The number of nitrogens with one attached hydrogen (secondary N) is 1. The first-order chi connectivity index (χ1) is 10.2. The van der Waals surface area contributed by atoms with Gasteiger partial charge in [0, 0.05) is 24.8 Å². The highest BCUT2D eigenvalue weighted by atomic mass is 16.1. The van der Waals surface area contributed by atoms with Gasteiger partial charge in [0.1, 0.15) is 0 Å². The Bertz CT molecular complexity index is 651. The van der Waals surface area contributed by atoms with Gasteiger partial charge >= 0.3 is 0 Å². The van der Waals surface area contributed by atoms with E-state index in [0.717, 1.165) is 30.9 Å². The molecule has 0 radical (unpaired) electrons. The molecule has 1 fully saturated rings. The summed E-state index contributed by atoms with van der Waals surface area (Å²) in [4.78, 5) is 19.1. The van der Waals surface area contributed by atoms with E-state index in [-0.39, 0.29) is 5.91 Å². The first kappa shape index (κ1) is 14.0. The summed E-state index contributed by atoms with van der Waals surface area (Å²) in [7, 11) is 0. The number of hydrogen-bond donors (Lipinski definition) is 1. The van der Waals surface area contributed by atoms with Crippen LogP contribution in [0.4, 0.5) is 0 Å². The molecule has 1 amide bonds. The van der Waals surface area contributed by atoms with Gasteiger partial charge in [0.05, 0.1) is 17.5 Å². The van der Waals surface area contributed by atoms with Crippen LogP contribution in [0.1, 0.15) is 35.8 Å². The summed E-state index contributed by atoms with van der Waals surface area (Å²) in [6, 6.07) is 2.28. The molecule has 0 saturated carbocycles. The van der Waals surface area contributed by atoms with Crippen LogP contribution in [0.5, 0.6) is 0 Å². The van der Waals surface area contributed by atoms with Crippen LogP contribution in [0.2, 0.25) is 0 Å². The number of carbonyl (C=O) groups is 1. The predicted octanol–water partition coefficient (Wildman–Crippen LogP) is 1.25. The summed E-state index contributed by atoms with van der Waals surface area (Å²) < 4.78 is 1.70. The molecule has 6 heteroatoms. The van der Waals surface area contributed by atoms with Gasteiger partial charge in [-0.3, -0.25) is 9.69 Å². The highest BCUT2D eigenvalue weighted by Crippen LogP contribution is 2.16. The third-order valence-corrected chi connectivity index (χ3v) is 4.30. The van der Waals surface area contributed by atoms with Gasteiger partial charge in [0.15, 0.2) is 5.65 Å². The summed E-state index contributed by atoms with van der Waals surface area (Å²) in [5, 5.41) is 7.23. The zero-order chi connectivity index (χ0) is 14.8. The Morgan fingerprint density at radius 1 is 1.52 bits per heavy atom. The van der Waals surface area contributed by atoms with E-state index in [1.54, 1.807) is 16.9 Å². The van der Waals surface area contributed by atoms with Crippen molar-refractivity contribution in [2.24, 2.45) is 0 Å². The van der Waals surface area contributed by atoms with Crippen molar-refractivity contribution < 1.29 is 4.79 Å². The average Bonchev–Trinajstić information content (AvgIpc) is 3.13. The minimum Gasteiger partial charge on any atom is -0.350 e.